The van der Waals surface area contributed by atoms with Crippen molar-refractivity contribution in [1.29, 1.82) is 0 Å². The second kappa shape index (κ2) is 2.44. The minimum atomic E-state index is -0.996. The summed E-state index contributed by atoms with van der Waals surface area (Å²) in [5, 5.41) is 12.5. The Morgan fingerprint density at radius 3 is 3.08 bits per heavy atom. The molecule has 0 bridgehead atoms. The van der Waals surface area contributed by atoms with Gasteiger partial charge in [0.25, 0.3) is 0 Å². The van der Waals surface area contributed by atoms with Crippen molar-refractivity contribution < 1.29 is 9.90 Å². The van der Waals surface area contributed by atoms with Gasteiger partial charge in [-0.2, -0.15) is 4.98 Å². The molecule has 0 unspecified atom stereocenters. The number of aromatic carboxylic acids is 1. The van der Waals surface area contributed by atoms with Crippen molar-refractivity contribution in [1.82, 2.24) is 14.6 Å². The van der Waals surface area contributed by atoms with E-state index in [4.69, 9.17) is 10.8 Å². The normalized spacial score (nSPS) is 10.5. The average molecular weight is 178 g/mol. The number of carbonyl (C=O) groups is 1. The molecule has 0 aliphatic heterocycles. The van der Waals surface area contributed by atoms with Gasteiger partial charge in [-0.05, 0) is 12.1 Å². The van der Waals surface area contributed by atoms with Crippen LogP contribution < -0.4 is 5.73 Å². The molecule has 2 rings (SSSR count). The molecule has 0 saturated carbocycles. The van der Waals surface area contributed by atoms with Gasteiger partial charge in [0.15, 0.2) is 5.65 Å². The van der Waals surface area contributed by atoms with Gasteiger partial charge >= 0.3 is 5.97 Å². The number of nitrogen functional groups attached to an aromatic ring is 1. The summed E-state index contributed by atoms with van der Waals surface area (Å²) >= 11 is 0. The Morgan fingerprint density at radius 2 is 2.38 bits per heavy atom. The molecule has 0 atom stereocenters. The van der Waals surface area contributed by atoms with E-state index in [0.717, 1.165) is 0 Å². The van der Waals surface area contributed by atoms with Gasteiger partial charge in [-0.25, -0.2) is 9.31 Å². The molecule has 13 heavy (non-hydrogen) atoms. The number of pyridine rings is 1. The van der Waals surface area contributed by atoms with E-state index < -0.39 is 5.97 Å². The molecule has 0 amide bonds. The first kappa shape index (κ1) is 7.53. The number of hydrogen-bond acceptors (Lipinski definition) is 4. The van der Waals surface area contributed by atoms with Crippen molar-refractivity contribution in [2.75, 3.05) is 5.73 Å². The first-order chi connectivity index (χ1) is 6.16. The summed E-state index contributed by atoms with van der Waals surface area (Å²) in [6.07, 6.45) is 1.50. The van der Waals surface area contributed by atoms with Crippen LogP contribution in [-0.2, 0) is 0 Å². The number of anilines is 1. The summed E-state index contributed by atoms with van der Waals surface area (Å²) in [5.41, 5.74) is 5.92. The number of rotatable bonds is 1. The van der Waals surface area contributed by atoms with E-state index >= 15 is 0 Å². The first-order valence-corrected chi connectivity index (χ1v) is 3.52. The van der Waals surface area contributed by atoms with Gasteiger partial charge in [0.1, 0.15) is 0 Å². The highest BCUT2D eigenvalue weighted by atomic mass is 16.4. The van der Waals surface area contributed by atoms with Crippen molar-refractivity contribution in [3.8, 4) is 0 Å². The second-order valence-corrected chi connectivity index (χ2v) is 2.49. The standard InChI is InChI=1S/C7H6N4O2/c8-7-9-5-3-4(6(12)13)1-2-11(5)10-7/h1-3H,(H2,8,10)(H,12,13). The van der Waals surface area contributed by atoms with E-state index in [9.17, 15) is 4.79 Å². The highest BCUT2D eigenvalue weighted by molar-refractivity contribution is 5.88. The van der Waals surface area contributed by atoms with Crippen LogP contribution in [0, 0.1) is 0 Å². The van der Waals surface area contributed by atoms with Crippen molar-refractivity contribution in [3.05, 3.63) is 23.9 Å². The fourth-order valence-electron chi connectivity index (χ4n) is 1.03. The van der Waals surface area contributed by atoms with Crippen LogP contribution in [-0.4, -0.2) is 25.7 Å². The Labute approximate surface area is 72.6 Å². The first-order valence-electron chi connectivity index (χ1n) is 3.52. The topological polar surface area (TPSA) is 93.5 Å². The Hall–Kier alpha value is -2.11. The van der Waals surface area contributed by atoms with Gasteiger partial charge in [0.05, 0.1) is 5.56 Å². The Morgan fingerprint density at radius 1 is 1.62 bits per heavy atom. The Bertz CT molecular complexity index is 476. The molecule has 0 aromatic carbocycles. The second-order valence-electron chi connectivity index (χ2n) is 2.49. The number of hydrogen-bond donors (Lipinski definition) is 2. The number of carboxylic acid groups (broad SMARTS) is 1. The van der Waals surface area contributed by atoms with Crippen LogP contribution >= 0.6 is 0 Å². The van der Waals surface area contributed by atoms with Crippen LogP contribution in [0.5, 0.6) is 0 Å². The predicted molar refractivity (Wildman–Crippen MR) is 44.4 cm³/mol. The predicted octanol–water partition coefficient (Wildman–Crippen LogP) is 0.00970. The van der Waals surface area contributed by atoms with E-state index in [2.05, 4.69) is 10.1 Å². The van der Waals surface area contributed by atoms with Gasteiger partial charge in [0.2, 0.25) is 5.95 Å². The molecule has 0 fully saturated rings. The summed E-state index contributed by atoms with van der Waals surface area (Å²) in [6, 6.07) is 2.84. The van der Waals surface area contributed by atoms with Crippen LogP contribution in [0.15, 0.2) is 18.3 Å². The molecule has 0 aliphatic rings. The number of nitrogens with zero attached hydrogens (tertiary/aromatic N) is 3. The number of fused-ring (bicyclic) bond motifs is 1. The summed E-state index contributed by atoms with van der Waals surface area (Å²) in [7, 11) is 0. The summed E-state index contributed by atoms with van der Waals surface area (Å²) in [5.74, 6) is -0.869. The van der Waals surface area contributed by atoms with E-state index in [0.29, 0.717) is 5.65 Å². The molecule has 2 heterocycles. The van der Waals surface area contributed by atoms with Gasteiger partial charge in [-0.1, -0.05) is 0 Å². The maximum atomic E-state index is 10.6. The van der Waals surface area contributed by atoms with Crippen LogP contribution in [0.25, 0.3) is 5.65 Å². The number of carboxylic acids is 1. The molecule has 66 valence electrons. The fourth-order valence-corrected chi connectivity index (χ4v) is 1.03. The highest BCUT2D eigenvalue weighted by Crippen LogP contribution is 2.05. The SMILES string of the molecule is Nc1nc2cc(C(=O)O)ccn2n1. The third-order valence-corrected chi connectivity index (χ3v) is 1.60. The summed E-state index contributed by atoms with van der Waals surface area (Å²) < 4.78 is 1.42. The zero-order valence-electron chi connectivity index (χ0n) is 6.51. The van der Waals surface area contributed by atoms with Gasteiger partial charge in [-0.3, -0.25) is 0 Å². The molecule has 0 radical (unpaired) electrons. The van der Waals surface area contributed by atoms with Gasteiger partial charge in [0, 0.05) is 6.20 Å². The van der Waals surface area contributed by atoms with Crippen molar-refractivity contribution in [2.24, 2.45) is 0 Å². The fraction of sp³-hybridized carbons (Fsp3) is 0. The quantitative estimate of drug-likeness (QED) is 0.641. The van der Waals surface area contributed by atoms with Crippen LogP contribution in [0.4, 0.5) is 5.95 Å². The van der Waals surface area contributed by atoms with Crippen molar-refractivity contribution in [3.63, 3.8) is 0 Å². The smallest absolute Gasteiger partial charge is 0.335 e. The largest absolute Gasteiger partial charge is 0.478 e. The zero-order valence-corrected chi connectivity index (χ0v) is 6.51. The van der Waals surface area contributed by atoms with Crippen molar-refractivity contribution in [2.45, 2.75) is 0 Å². The molecular weight excluding hydrogens is 172 g/mol. The number of aromatic nitrogens is 3. The lowest BCUT2D eigenvalue weighted by atomic mass is 10.3. The maximum absolute atomic E-state index is 10.6. The lowest BCUT2D eigenvalue weighted by molar-refractivity contribution is 0.0697. The lowest BCUT2D eigenvalue weighted by Crippen LogP contribution is -1.97. The third kappa shape index (κ3) is 1.18. The minimum absolute atomic E-state index is 0.127. The van der Waals surface area contributed by atoms with E-state index in [1.165, 1.54) is 22.8 Å². The molecule has 6 nitrogen and oxygen atoms in total. The molecule has 6 heteroatoms. The van der Waals surface area contributed by atoms with Gasteiger partial charge in [-0.15, -0.1) is 5.10 Å². The van der Waals surface area contributed by atoms with E-state index in [1.807, 2.05) is 0 Å². The zero-order chi connectivity index (χ0) is 9.42. The molecule has 2 aromatic rings. The molecular formula is C7H6N4O2. The van der Waals surface area contributed by atoms with Gasteiger partial charge < -0.3 is 10.8 Å². The molecule has 2 aromatic heterocycles. The van der Waals surface area contributed by atoms with Crippen molar-refractivity contribution >= 4 is 17.6 Å². The molecule has 0 saturated heterocycles. The Kier molecular flexibility index (Phi) is 1.42. The summed E-state index contributed by atoms with van der Waals surface area (Å²) in [4.78, 5) is 14.4. The van der Waals surface area contributed by atoms with E-state index in [1.54, 1.807) is 0 Å². The number of nitrogens with two attached hydrogens (primary N) is 1. The summed E-state index contributed by atoms with van der Waals surface area (Å²) in [6.45, 7) is 0. The maximum Gasteiger partial charge on any atom is 0.335 e. The van der Waals surface area contributed by atoms with Crippen LogP contribution in [0.3, 0.4) is 0 Å². The minimum Gasteiger partial charge on any atom is -0.478 e. The molecule has 0 aliphatic carbocycles. The molecule has 0 spiro atoms. The van der Waals surface area contributed by atoms with Crippen LogP contribution in [0.2, 0.25) is 0 Å². The van der Waals surface area contributed by atoms with Crippen LogP contribution in [0.1, 0.15) is 10.4 Å². The Balaban J connectivity index is 2.67. The third-order valence-electron chi connectivity index (χ3n) is 1.60. The monoisotopic (exact) mass is 178 g/mol. The molecule has 3 N–H and O–H groups in total. The highest BCUT2D eigenvalue weighted by Gasteiger charge is 2.05. The lowest BCUT2D eigenvalue weighted by Gasteiger charge is -1.93. The average Bonchev–Trinajstić information content (AvgIpc) is 2.42. The van der Waals surface area contributed by atoms with E-state index in [-0.39, 0.29) is 11.5 Å².